The Balaban J connectivity index is 0.00000312. The molecule has 0 radical (unpaired) electrons. The van der Waals surface area contributed by atoms with Gasteiger partial charge in [-0.3, -0.25) is 0 Å². The predicted molar refractivity (Wildman–Crippen MR) is 111 cm³/mol. The molecule has 2 aromatic rings. The first-order valence-electron chi connectivity index (χ1n) is 7.65. The van der Waals surface area contributed by atoms with Gasteiger partial charge in [0.1, 0.15) is 17.2 Å². The summed E-state index contributed by atoms with van der Waals surface area (Å²) in [5.74, 6) is 0.696. The maximum Gasteiger partial charge on any atom is 0.191 e. The van der Waals surface area contributed by atoms with E-state index in [4.69, 9.17) is 4.42 Å². The first-order valence-corrected chi connectivity index (χ1v) is 8.44. The van der Waals surface area contributed by atoms with Gasteiger partial charge in [0.25, 0.3) is 0 Å². The molecule has 0 fully saturated rings. The highest BCUT2D eigenvalue weighted by molar-refractivity contribution is 14.0. The van der Waals surface area contributed by atoms with Gasteiger partial charge in [0, 0.05) is 11.0 Å². The lowest BCUT2D eigenvalue weighted by atomic mass is 10.0. The zero-order valence-electron chi connectivity index (χ0n) is 14.1. The number of nitrogens with zero attached hydrogens (tertiary/aromatic N) is 1. The summed E-state index contributed by atoms with van der Waals surface area (Å²) in [5.41, 5.74) is -0.427. The molecule has 2 rings (SSSR count). The molecule has 1 aromatic carbocycles. The molecule has 5 nitrogen and oxygen atoms in total. The molecule has 1 aromatic heterocycles. The molecule has 138 valence electrons. The molecular formula is C17H22BrFIN3O2. The average molecular weight is 526 g/mol. The Labute approximate surface area is 172 Å². The molecular weight excluding hydrogens is 504 g/mol. The Hall–Kier alpha value is -1.13. The van der Waals surface area contributed by atoms with E-state index < -0.39 is 5.60 Å². The molecule has 8 heteroatoms. The Morgan fingerprint density at radius 1 is 1.36 bits per heavy atom. The molecule has 3 N–H and O–H groups in total. The van der Waals surface area contributed by atoms with E-state index in [-0.39, 0.29) is 36.3 Å². The SMILES string of the molecule is CCNC(=NCc1cc(F)ccc1Br)NCC(C)(O)c1ccco1.I. The molecule has 0 saturated heterocycles. The smallest absolute Gasteiger partial charge is 0.191 e. The van der Waals surface area contributed by atoms with Crippen molar-refractivity contribution in [2.24, 2.45) is 4.99 Å². The first-order chi connectivity index (χ1) is 11.4. The van der Waals surface area contributed by atoms with Crippen molar-refractivity contribution in [1.29, 1.82) is 0 Å². The molecule has 1 unspecified atom stereocenters. The van der Waals surface area contributed by atoms with Gasteiger partial charge < -0.3 is 20.2 Å². The maximum atomic E-state index is 13.3. The number of aliphatic imine (C=N–C) groups is 1. The van der Waals surface area contributed by atoms with Gasteiger partial charge in [-0.2, -0.15) is 0 Å². The third-order valence-electron chi connectivity index (χ3n) is 3.41. The van der Waals surface area contributed by atoms with Gasteiger partial charge in [0.05, 0.1) is 19.4 Å². The monoisotopic (exact) mass is 525 g/mol. The maximum absolute atomic E-state index is 13.3. The second-order valence-electron chi connectivity index (χ2n) is 5.54. The number of nitrogens with one attached hydrogen (secondary N) is 2. The van der Waals surface area contributed by atoms with Crippen molar-refractivity contribution in [2.75, 3.05) is 13.1 Å². The lowest BCUT2D eigenvalue weighted by Gasteiger charge is -2.22. The Bertz CT molecular complexity index is 693. The second kappa shape index (κ2) is 10.1. The van der Waals surface area contributed by atoms with Crippen LogP contribution in [-0.2, 0) is 12.1 Å². The minimum Gasteiger partial charge on any atom is -0.466 e. The zero-order chi connectivity index (χ0) is 17.6. The van der Waals surface area contributed by atoms with E-state index in [1.165, 1.54) is 18.4 Å². The summed E-state index contributed by atoms with van der Waals surface area (Å²) in [6.45, 7) is 4.79. The number of halogens is 3. The highest BCUT2D eigenvalue weighted by Crippen LogP contribution is 2.20. The number of hydrogen-bond donors (Lipinski definition) is 3. The van der Waals surface area contributed by atoms with Crippen LogP contribution in [0.5, 0.6) is 0 Å². The number of benzene rings is 1. The van der Waals surface area contributed by atoms with Crippen molar-refractivity contribution in [2.45, 2.75) is 26.0 Å². The van der Waals surface area contributed by atoms with Crippen LogP contribution in [0.2, 0.25) is 0 Å². The third kappa shape index (κ3) is 6.59. The normalized spacial score (nSPS) is 13.7. The standard InChI is InChI=1S/C17H21BrFN3O2.HI/c1-3-20-16(21-10-12-9-13(19)6-7-14(12)18)22-11-17(2,23)15-5-4-8-24-15;/h4-9,23H,3,10-11H2,1-2H3,(H2,20,21,22);1H. The van der Waals surface area contributed by atoms with E-state index in [0.717, 1.165) is 10.0 Å². The molecule has 0 aliphatic rings. The molecule has 0 saturated carbocycles. The molecule has 0 aliphatic heterocycles. The van der Waals surface area contributed by atoms with Crippen LogP contribution in [-0.4, -0.2) is 24.2 Å². The third-order valence-corrected chi connectivity index (χ3v) is 4.19. The van der Waals surface area contributed by atoms with Crippen LogP contribution in [0.15, 0.2) is 50.5 Å². The average Bonchev–Trinajstić information content (AvgIpc) is 3.08. The predicted octanol–water partition coefficient (Wildman–Crippen LogP) is 3.76. The second-order valence-corrected chi connectivity index (χ2v) is 6.39. The van der Waals surface area contributed by atoms with Gasteiger partial charge in [0.2, 0.25) is 0 Å². The minimum atomic E-state index is -1.17. The Morgan fingerprint density at radius 2 is 2.12 bits per heavy atom. The molecule has 1 atom stereocenters. The largest absolute Gasteiger partial charge is 0.466 e. The number of aliphatic hydroxyl groups is 1. The fourth-order valence-corrected chi connectivity index (χ4v) is 2.47. The summed E-state index contributed by atoms with van der Waals surface area (Å²) in [7, 11) is 0. The topological polar surface area (TPSA) is 69.8 Å². The number of hydrogen-bond acceptors (Lipinski definition) is 3. The lowest BCUT2D eigenvalue weighted by molar-refractivity contribution is 0.0386. The fourth-order valence-electron chi connectivity index (χ4n) is 2.10. The molecule has 0 spiro atoms. The van der Waals surface area contributed by atoms with Gasteiger partial charge >= 0.3 is 0 Å². The highest BCUT2D eigenvalue weighted by atomic mass is 127. The van der Waals surface area contributed by atoms with E-state index in [9.17, 15) is 9.50 Å². The van der Waals surface area contributed by atoms with Crippen molar-refractivity contribution in [1.82, 2.24) is 10.6 Å². The highest BCUT2D eigenvalue weighted by Gasteiger charge is 2.26. The number of furan rings is 1. The van der Waals surface area contributed by atoms with E-state index in [1.54, 1.807) is 25.1 Å². The quantitative estimate of drug-likeness (QED) is 0.305. The van der Waals surface area contributed by atoms with Crippen LogP contribution in [0.4, 0.5) is 4.39 Å². The zero-order valence-corrected chi connectivity index (χ0v) is 18.0. The number of rotatable bonds is 6. The van der Waals surface area contributed by atoms with Crippen LogP contribution in [0.25, 0.3) is 0 Å². The Morgan fingerprint density at radius 3 is 2.76 bits per heavy atom. The van der Waals surface area contributed by atoms with Crippen LogP contribution >= 0.6 is 39.9 Å². The van der Waals surface area contributed by atoms with Gasteiger partial charge in [-0.25, -0.2) is 9.38 Å². The molecule has 1 heterocycles. The summed E-state index contributed by atoms with van der Waals surface area (Å²) in [4.78, 5) is 4.43. The van der Waals surface area contributed by atoms with Gasteiger partial charge in [0.15, 0.2) is 5.96 Å². The summed E-state index contributed by atoms with van der Waals surface area (Å²) in [6.07, 6.45) is 1.52. The van der Waals surface area contributed by atoms with Crippen molar-refractivity contribution in [3.63, 3.8) is 0 Å². The molecule has 0 aliphatic carbocycles. The molecule has 25 heavy (non-hydrogen) atoms. The fraction of sp³-hybridized carbons (Fsp3) is 0.353. The van der Waals surface area contributed by atoms with Crippen molar-refractivity contribution in [3.05, 3.63) is 58.2 Å². The summed E-state index contributed by atoms with van der Waals surface area (Å²) in [5, 5.41) is 16.6. The summed E-state index contributed by atoms with van der Waals surface area (Å²) >= 11 is 3.39. The summed E-state index contributed by atoms with van der Waals surface area (Å²) < 4.78 is 19.4. The van der Waals surface area contributed by atoms with Crippen molar-refractivity contribution < 1.29 is 13.9 Å². The van der Waals surface area contributed by atoms with Crippen LogP contribution in [0, 0.1) is 5.82 Å². The van der Waals surface area contributed by atoms with Crippen LogP contribution < -0.4 is 10.6 Å². The molecule has 0 amide bonds. The van der Waals surface area contributed by atoms with Gasteiger partial charge in [-0.05, 0) is 49.7 Å². The van der Waals surface area contributed by atoms with E-state index in [0.29, 0.717) is 24.8 Å². The van der Waals surface area contributed by atoms with E-state index in [2.05, 4.69) is 31.6 Å². The van der Waals surface area contributed by atoms with Crippen LogP contribution in [0.1, 0.15) is 25.2 Å². The minimum absolute atomic E-state index is 0. The van der Waals surface area contributed by atoms with Crippen molar-refractivity contribution in [3.8, 4) is 0 Å². The van der Waals surface area contributed by atoms with Gasteiger partial charge in [-0.15, -0.1) is 24.0 Å². The van der Waals surface area contributed by atoms with E-state index in [1.807, 2.05) is 6.92 Å². The first kappa shape index (κ1) is 21.9. The van der Waals surface area contributed by atoms with Gasteiger partial charge in [-0.1, -0.05) is 15.9 Å². The van der Waals surface area contributed by atoms with Crippen LogP contribution in [0.3, 0.4) is 0 Å². The van der Waals surface area contributed by atoms with E-state index >= 15 is 0 Å². The molecule has 0 bridgehead atoms. The summed E-state index contributed by atoms with van der Waals surface area (Å²) in [6, 6.07) is 7.93. The Kier molecular flexibility index (Phi) is 8.87. The number of guanidine groups is 1. The lowest BCUT2D eigenvalue weighted by Crippen LogP contribution is -2.44. The van der Waals surface area contributed by atoms with Crippen molar-refractivity contribution >= 4 is 45.9 Å².